The molecule has 4 rings (SSSR count). The second kappa shape index (κ2) is 12.9. The van der Waals surface area contributed by atoms with E-state index in [0.717, 1.165) is 22.2 Å². The number of primary amides is 1. The molecule has 4 aromatic rings. The van der Waals surface area contributed by atoms with Gasteiger partial charge in [-0.15, -0.1) is 0 Å². The summed E-state index contributed by atoms with van der Waals surface area (Å²) in [4.78, 5) is 21.1. The number of hydrogen-bond donors (Lipinski definition) is 1. The third kappa shape index (κ3) is 6.62. The van der Waals surface area contributed by atoms with Gasteiger partial charge in [0.25, 0.3) is 0 Å². The van der Waals surface area contributed by atoms with E-state index in [-0.39, 0.29) is 5.82 Å². The van der Waals surface area contributed by atoms with Crippen LogP contribution in [-0.4, -0.2) is 56.5 Å². The molecular formula is C29H30FN3O5. The number of fused-ring (bicyclic) bond motifs is 1. The lowest BCUT2D eigenvalue weighted by Crippen LogP contribution is -2.23. The second-order valence-electron chi connectivity index (χ2n) is 8.63. The van der Waals surface area contributed by atoms with Crippen LogP contribution in [0.3, 0.4) is 0 Å². The summed E-state index contributed by atoms with van der Waals surface area (Å²) in [6, 6.07) is 17.3. The Morgan fingerprint density at radius 3 is 2.11 bits per heavy atom. The Kier molecular flexibility index (Phi) is 9.18. The van der Waals surface area contributed by atoms with Crippen LogP contribution in [0, 0.1) is 5.82 Å². The van der Waals surface area contributed by atoms with E-state index in [9.17, 15) is 9.18 Å². The summed E-state index contributed by atoms with van der Waals surface area (Å²) in [7, 11) is 3.22. The Morgan fingerprint density at radius 2 is 1.50 bits per heavy atom. The molecule has 0 aliphatic rings. The van der Waals surface area contributed by atoms with E-state index < -0.39 is 11.8 Å². The molecule has 0 spiro atoms. The minimum Gasteiger partial charge on any atom is -0.487 e. The van der Waals surface area contributed by atoms with Gasteiger partial charge in [-0.3, -0.25) is 4.79 Å². The molecule has 2 N–H and O–H groups in total. The molecular weight excluding hydrogens is 489 g/mol. The Hall–Kier alpha value is -4.08. The summed E-state index contributed by atoms with van der Waals surface area (Å²) in [5.74, 6) is -0.276. The summed E-state index contributed by atoms with van der Waals surface area (Å²) < 4.78 is 35.3. The van der Waals surface area contributed by atoms with Gasteiger partial charge in [0.05, 0.1) is 30.3 Å². The first-order valence-electron chi connectivity index (χ1n) is 12.2. The minimum atomic E-state index is -0.565. The quantitative estimate of drug-likeness (QED) is 0.263. The van der Waals surface area contributed by atoms with E-state index in [1.54, 1.807) is 26.4 Å². The molecule has 0 bridgehead atoms. The van der Waals surface area contributed by atoms with Crippen molar-refractivity contribution in [2.24, 2.45) is 5.73 Å². The molecule has 1 amide bonds. The number of carbonyl (C=O) groups excluding carboxylic acids is 1. The molecule has 0 saturated carbocycles. The lowest BCUT2D eigenvalue weighted by Gasteiger charge is -2.15. The summed E-state index contributed by atoms with van der Waals surface area (Å²) in [6.07, 6.45) is 1.90. The Balaban J connectivity index is 1.62. The highest BCUT2D eigenvalue weighted by Gasteiger charge is 2.19. The van der Waals surface area contributed by atoms with Crippen LogP contribution < -0.4 is 15.2 Å². The van der Waals surface area contributed by atoms with Crippen LogP contribution in [0.4, 0.5) is 4.39 Å². The first kappa shape index (κ1) is 27.0. The lowest BCUT2D eigenvalue weighted by atomic mass is 9.91. The first-order valence-corrected chi connectivity index (χ1v) is 12.2. The smallest absolute Gasteiger partial charge is 0.225 e. The highest BCUT2D eigenvalue weighted by Crippen LogP contribution is 2.36. The number of nitrogens with zero attached hydrogens (tertiary/aromatic N) is 2. The monoisotopic (exact) mass is 519 g/mol. The van der Waals surface area contributed by atoms with Gasteiger partial charge in [0.1, 0.15) is 25.4 Å². The molecule has 0 fully saturated rings. The Labute approximate surface area is 220 Å². The molecule has 0 saturated heterocycles. The number of benzene rings is 3. The molecule has 1 heterocycles. The first-order chi connectivity index (χ1) is 18.5. The summed E-state index contributed by atoms with van der Waals surface area (Å²) >= 11 is 0. The van der Waals surface area contributed by atoms with Crippen LogP contribution in [0.15, 0.2) is 67.0 Å². The van der Waals surface area contributed by atoms with Crippen molar-refractivity contribution in [3.05, 3.63) is 83.9 Å². The van der Waals surface area contributed by atoms with Crippen LogP contribution in [0.5, 0.6) is 11.5 Å². The number of nitrogens with two attached hydrogens (primary N) is 1. The zero-order chi connectivity index (χ0) is 26.9. The third-order valence-electron chi connectivity index (χ3n) is 6.07. The van der Waals surface area contributed by atoms with Crippen LogP contribution >= 0.6 is 0 Å². The summed E-state index contributed by atoms with van der Waals surface area (Å²) in [5.41, 5.74) is 9.55. The topological polar surface area (TPSA) is 106 Å². The van der Waals surface area contributed by atoms with Crippen molar-refractivity contribution in [3.8, 4) is 22.8 Å². The van der Waals surface area contributed by atoms with Gasteiger partial charge in [0.2, 0.25) is 5.91 Å². The van der Waals surface area contributed by atoms with Crippen molar-refractivity contribution in [1.29, 1.82) is 0 Å². The molecule has 8 nitrogen and oxygen atoms in total. The molecule has 1 aromatic heterocycles. The average Bonchev–Trinajstić information content (AvgIpc) is 2.92. The number of amides is 1. The summed E-state index contributed by atoms with van der Waals surface area (Å²) in [5, 5.41) is 0.799. The molecule has 3 aromatic carbocycles. The normalized spacial score (nSPS) is 11.9. The SMILES string of the molecule is COCCOc1cc2ncnc(-c3ccc(CC(C(N)=O)c4ccc(F)cc4)cc3)c2cc1OCCOC. The molecule has 1 atom stereocenters. The van der Waals surface area contributed by atoms with Gasteiger partial charge in [-0.2, -0.15) is 0 Å². The number of halogens is 1. The zero-order valence-electron chi connectivity index (χ0n) is 21.4. The number of methoxy groups -OCH3 is 2. The van der Waals surface area contributed by atoms with Crippen LogP contribution in [-0.2, 0) is 20.7 Å². The molecule has 0 radical (unpaired) electrons. The van der Waals surface area contributed by atoms with Gasteiger partial charge in [0.15, 0.2) is 11.5 Å². The number of hydrogen-bond acceptors (Lipinski definition) is 7. The molecule has 1 unspecified atom stereocenters. The minimum absolute atomic E-state index is 0.357. The Morgan fingerprint density at radius 1 is 0.868 bits per heavy atom. The van der Waals surface area contributed by atoms with Gasteiger partial charge in [0, 0.05) is 31.2 Å². The van der Waals surface area contributed by atoms with E-state index in [0.29, 0.717) is 55.4 Å². The Bertz CT molecular complexity index is 1360. The van der Waals surface area contributed by atoms with Crippen LogP contribution in [0.1, 0.15) is 17.0 Å². The third-order valence-corrected chi connectivity index (χ3v) is 6.07. The second-order valence-corrected chi connectivity index (χ2v) is 8.63. The highest BCUT2D eigenvalue weighted by atomic mass is 19.1. The summed E-state index contributed by atoms with van der Waals surface area (Å²) in [6.45, 7) is 1.59. The van der Waals surface area contributed by atoms with Crippen molar-refractivity contribution in [2.75, 3.05) is 40.6 Å². The number of aromatic nitrogens is 2. The number of rotatable bonds is 13. The maximum atomic E-state index is 13.3. The van der Waals surface area contributed by atoms with Gasteiger partial charge in [-0.1, -0.05) is 36.4 Å². The predicted molar refractivity (Wildman–Crippen MR) is 142 cm³/mol. The van der Waals surface area contributed by atoms with E-state index >= 15 is 0 Å². The fourth-order valence-corrected chi connectivity index (χ4v) is 4.10. The molecule has 0 aliphatic carbocycles. The van der Waals surface area contributed by atoms with E-state index in [1.807, 2.05) is 36.4 Å². The molecule has 38 heavy (non-hydrogen) atoms. The molecule has 9 heteroatoms. The fraction of sp³-hybridized carbons (Fsp3) is 0.276. The van der Waals surface area contributed by atoms with Gasteiger partial charge < -0.3 is 24.7 Å². The van der Waals surface area contributed by atoms with Crippen molar-refractivity contribution in [2.45, 2.75) is 12.3 Å². The lowest BCUT2D eigenvalue weighted by molar-refractivity contribution is -0.119. The van der Waals surface area contributed by atoms with Crippen molar-refractivity contribution < 1.29 is 28.1 Å². The molecule has 198 valence electrons. The van der Waals surface area contributed by atoms with E-state index in [1.165, 1.54) is 18.5 Å². The highest BCUT2D eigenvalue weighted by molar-refractivity contribution is 5.94. The van der Waals surface area contributed by atoms with Crippen molar-refractivity contribution in [3.63, 3.8) is 0 Å². The van der Waals surface area contributed by atoms with Crippen molar-refractivity contribution in [1.82, 2.24) is 9.97 Å². The van der Waals surface area contributed by atoms with Gasteiger partial charge >= 0.3 is 0 Å². The van der Waals surface area contributed by atoms with Gasteiger partial charge in [-0.25, -0.2) is 14.4 Å². The van der Waals surface area contributed by atoms with Crippen LogP contribution in [0.25, 0.3) is 22.2 Å². The average molecular weight is 520 g/mol. The van der Waals surface area contributed by atoms with Gasteiger partial charge in [-0.05, 0) is 35.7 Å². The predicted octanol–water partition coefficient (Wildman–Crippen LogP) is 4.30. The number of ether oxygens (including phenoxy) is 4. The maximum Gasteiger partial charge on any atom is 0.225 e. The largest absolute Gasteiger partial charge is 0.487 e. The van der Waals surface area contributed by atoms with Crippen LogP contribution in [0.2, 0.25) is 0 Å². The fourth-order valence-electron chi connectivity index (χ4n) is 4.10. The van der Waals surface area contributed by atoms with E-state index in [2.05, 4.69) is 9.97 Å². The van der Waals surface area contributed by atoms with E-state index in [4.69, 9.17) is 24.7 Å². The number of carbonyl (C=O) groups is 1. The zero-order valence-corrected chi connectivity index (χ0v) is 21.4. The maximum absolute atomic E-state index is 13.3. The standard InChI is InChI=1S/C29H30FN3O5/c1-35-11-13-37-26-16-24-25(17-27(26)38-14-12-36-2)32-18-33-28(24)21-5-3-19(4-6-21)15-23(29(31)34)20-7-9-22(30)10-8-20/h3-10,16-18,23H,11-15H2,1-2H3,(H2,31,34). The van der Waals surface area contributed by atoms with Crippen molar-refractivity contribution >= 4 is 16.8 Å². The molecule has 0 aliphatic heterocycles.